The summed E-state index contributed by atoms with van der Waals surface area (Å²) in [6.07, 6.45) is 0. The lowest BCUT2D eigenvalue weighted by Gasteiger charge is -2.10. The van der Waals surface area contributed by atoms with Crippen LogP contribution in [0.15, 0.2) is 23.1 Å². The maximum absolute atomic E-state index is 12.1. The van der Waals surface area contributed by atoms with E-state index in [9.17, 15) is 13.5 Å². The minimum absolute atomic E-state index is 0.163. The average Bonchev–Trinajstić information content (AvgIpc) is 2.38. The first-order valence-electron chi connectivity index (χ1n) is 6.64. The summed E-state index contributed by atoms with van der Waals surface area (Å²) in [4.78, 5) is 0.163. The third-order valence-corrected chi connectivity index (χ3v) is 4.25. The van der Waals surface area contributed by atoms with Crippen molar-refractivity contribution >= 4 is 10.0 Å². The monoisotopic (exact) mass is 301 g/mol. The zero-order valence-electron chi connectivity index (χ0n) is 12.2. The predicted molar refractivity (Wildman–Crippen MR) is 77.9 cm³/mol. The number of nitrogens with one attached hydrogen (secondary N) is 1. The molecule has 0 radical (unpaired) electrons. The van der Waals surface area contributed by atoms with Crippen molar-refractivity contribution in [1.29, 1.82) is 0 Å². The highest BCUT2D eigenvalue weighted by atomic mass is 32.2. The molecule has 20 heavy (non-hydrogen) atoms. The topological polar surface area (TPSA) is 75.6 Å². The van der Waals surface area contributed by atoms with Crippen LogP contribution in [0.5, 0.6) is 0 Å². The van der Waals surface area contributed by atoms with Crippen molar-refractivity contribution in [2.45, 2.75) is 32.3 Å². The number of aliphatic hydroxyl groups excluding tert-OH is 1. The summed E-state index contributed by atoms with van der Waals surface area (Å²) in [6.45, 7) is 6.91. The van der Waals surface area contributed by atoms with Crippen LogP contribution in [0, 0.1) is 12.8 Å². The van der Waals surface area contributed by atoms with Crippen LogP contribution in [0.1, 0.15) is 25.0 Å². The lowest BCUT2D eigenvalue weighted by Crippen LogP contribution is -2.28. The van der Waals surface area contributed by atoms with Gasteiger partial charge in [0, 0.05) is 13.2 Å². The van der Waals surface area contributed by atoms with E-state index in [0.29, 0.717) is 24.7 Å². The summed E-state index contributed by atoms with van der Waals surface area (Å²) in [5.74, 6) is 0.427. The SMILES string of the molecule is Cc1ccc(S(=O)(=O)NCCOCC(C)C)cc1CO. The molecule has 2 N–H and O–H groups in total. The lowest BCUT2D eigenvalue weighted by molar-refractivity contribution is 0.114. The van der Waals surface area contributed by atoms with E-state index in [4.69, 9.17) is 4.74 Å². The van der Waals surface area contributed by atoms with Crippen molar-refractivity contribution in [2.75, 3.05) is 19.8 Å². The average molecular weight is 301 g/mol. The molecule has 1 rings (SSSR count). The fourth-order valence-electron chi connectivity index (χ4n) is 1.64. The molecule has 0 saturated heterocycles. The molecule has 0 atom stereocenters. The molecule has 0 unspecified atom stereocenters. The van der Waals surface area contributed by atoms with Gasteiger partial charge in [0.25, 0.3) is 0 Å². The molecule has 5 nitrogen and oxygen atoms in total. The first kappa shape index (κ1) is 17.1. The maximum atomic E-state index is 12.1. The molecular formula is C14H23NO4S. The van der Waals surface area contributed by atoms with Gasteiger partial charge in [-0.15, -0.1) is 0 Å². The maximum Gasteiger partial charge on any atom is 0.240 e. The van der Waals surface area contributed by atoms with E-state index < -0.39 is 10.0 Å². The van der Waals surface area contributed by atoms with Gasteiger partial charge in [0.2, 0.25) is 10.0 Å². The molecular weight excluding hydrogens is 278 g/mol. The van der Waals surface area contributed by atoms with E-state index in [1.807, 2.05) is 20.8 Å². The third kappa shape index (κ3) is 5.20. The normalized spacial score (nSPS) is 12.1. The fraction of sp³-hybridized carbons (Fsp3) is 0.571. The molecule has 0 fully saturated rings. The number of aliphatic hydroxyl groups is 1. The Bertz CT molecular complexity index is 526. The van der Waals surface area contributed by atoms with Gasteiger partial charge in [0.15, 0.2) is 0 Å². The summed E-state index contributed by atoms with van der Waals surface area (Å²) >= 11 is 0. The Labute approximate surface area is 121 Å². The van der Waals surface area contributed by atoms with Crippen LogP contribution in [0.4, 0.5) is 0 Å². The van der Waals surface area contributed by atoms with Crippen molar-refractivity contribution in [3.8, 4) is 0 Å². The number of aryl methyl sites for hydroxylation is 1. The zero-order valence-corrected chi connectivity index (χ0v) is 13.0. The van der Waals surface area contributed by atoms with Crippen LogP contribution in [0.3, 0.4) is 0 Å². The second-order valence-corrected chi connectivity index (χ2v) is 6.88. The van der Waals surface area contributed by atoms with Crippen molar-refractivity contribution < 1.29 is 18.3 Å². The van der Waals surface area contributed by atoms with Gasteiger partial charge in [-0.1, -0.05) is 19.9 Å². The van der Waals surface area contributed by atoms with Gasteiger partial charge in [0.05, 0.1) is 18.1 Å². The smallest absolute Gasteiger partial charge is 0.240 e. The number of hydrogen-bond donors (Lipinski definition) is 2. The highest BCUT2D eigenvalue weighted by molar-refractivity contribution is 7.89. The highest BCUT2D eigenvalue weighted by Crippen LogP contribution is 2.15. The molecule has 0 saturated carbocycles. The molecule has 6 heteroatoms. The van der Waals surface area contributed by atoms with Gasteiger partial charge in [0.1, 0.15) is 0 Å². The second-order valence-electron chi connectivity index (χ2n) is 5.11. The molecule has 0 aliphatic carbocycles. The Balaban J connectivity index is 2.60. The van der Waals surface area contributed by atoms with Gasteiger partial charge in [-0.3, -0.25) is 0 Å². The third-order valence-electron chi connectivity index (χ3n) is 2.79. The molecule has 0 heterocycles. The number of hydrogen-bond acceptors (Lipinski definition) is 4. The Kier molecular flexibility index (Phi) is 6.61. The molecule has 1 aromatic carbocycles. The van der Waals surface area contributed by atoms with Gasteiger partial charge < -0.3 is 9.84 Å². The summed E-state index contributed by atoms with van der Waals surface area (Å²) in [5.41, 5.74) is 1.48. The largest absolute Gasteiger partial charge is 0.392 e. The van der Waals surface area contributed by atoms with Crippen LogP contribution in [0.25, 0.3) is 0 Å². The van der Waals surface area contributed by atoms with Crippen molar-refractivity contribution in [3.63, 3.8) is 0 Å². The Hall–Kier alpha value is -0.950. The molecule has 114 valence electrons. The quantitative estimate of drug-likeness (QED) is 0.712. The van der Waals surface area contributed by atoms with Gasteiger partial charge in [-0.25, -0.2) is 13.1 Å². The van der Waals surface area contributed by atoms with Crippen LogP contribution in [-0.2, 0) is 21.4 Å². The van der Waals surface area contributed by atoms with Crippen LogP contribution < -0.4 is 4.72 Å². The molecule has 0 amide bonds. The molecule has 1 aromatic rings. The van der Waals surface area contributed by atoms with Crippen LogP contribution in [0.2, 0.25) is 0 Å². The standard InChI is InChI=1S/C14H23NO4S/c1-11(2)10-19-7-6-15-20(17,18)14-5-4-12(3)13(8-14)9-16/h4-5,8,11,15-16H,6-7,9-10H2,1-3H3. The van der Waals surface area contributed by atoms with E-state index in [0.717, 1.165) is 5.56 Å². The molecule has 0 aliphatic heterocycles. The van der Waals surface area contributed by atoms with E-state index in [-0.39, 0.29) is 18.0 Å². The zero-order chi connectivity index (χ0) is 15.2. The number of benzene rings is 1. The van der Waals surface area contributed by atoms with Crippen molar-refractivity contribution in [1.82, 2.24) is 4.72 Å². The summed E-state index contributed by atoms with van der Waals surface area (Å²) in [6, 6.07) is 4.72. The second kappa shape index (κ2) is 7.73. The lowest BCUT2D eigenvalue weighted by atomic mass is 10.1. The summed E-state index contributed by atoms with van der Waals surface area (Å²) < 4.78 is 31.9. The Morgan fingerprint density at radius 1 is 1.35 bits per heavy atom. The highest BCUT2D eigenvalue weighted by Gasteiger charge is 2.14. The van der Waals surface area contributed by atoms with E-state index in [1.54, 1.807) is 6.07 Å². The van der Waals surface area contributed by atoms with Crippen LogP contribution in [-0.4, -0.2) is 33.3 Å². The van der Waals surface area contributed by atoms with E-state index >= 15 is 0 Å². The van der Waals surface area contributed by atoms with Gasteiger partial charge in [-0.2, -0.15) is 0 Å². The summed E-state index contributed by atoms with van der Waals surface area (Å²) in [5, 5.41) is 9.17. The first-order chi connectivity index (χ1) is 9.36. The minimum Gasteiger partial charge on any atom is -0.392 e. The summed E-state index contributed by atoms with van der Waals surface area (Å²) in [7, 11) is -3.55. The number of rotatable bonds is 8. The Morgan fingerprint density at radius 2 is 2.05 bits per heavy atom. The molecule has 0 aliphatic rings. The van der Waals surface area contributed by atoms with E-state index in [1.165, 1.54) is 12.1 Å². The molecule has 0 aromatic heterocycles. The van der Waals surface area contributed by atoms with Crippen LogP contribution >= 0.6 is 0 Å². The van der Waals surface area contributed by atoms with Crippen molar-refractivity contribution in [3.05, 3.63) is 29.3 Å². The molecule has 0 bridgehead atoms. The molecule has 0 spiro atoms. The first-order valence-corrected chi connectivity index (χ1v) is 8.13. The Morgan fingerprint density at radius 3 is 2.65 bits per heavy atom. The number of ether oxygens (including phenoxy) is 1. The predicted octanol–water partition coefficient (Wildman–Crippen LogP) is 1.44. The van der Waals surface area contributed by atoms with E-state index in [2.05, 4.69) is 4.72 Å². The van der Waals surface area contributed by atoms with Crippen molar-refractivity contribution in [2.24, 2.45) is 5.92 Å². The van der Waals surface area contributed by atoms with Gasteiger partial charge in [-0.05, 0) is 36.1 Å². The van der Waals surface area contributed by atoms with Gasteiger partial charge >= 0.3 is 0 Å². The fourth-order valence-corrected chi connectivity index (χ4v) is 2.70. The minimum atomic E-state index is -3.55. The number of sulfonamides is 1.